The summed E-state index contributed by atoms with van der Waals surface area (Å²) in [7, 11) is 0. The molecule has 0 spiro atoms. The highest BCUT2D eigenvalue weighted by Gasteiger charge is 2.14. The van der Waals surface area contributed by atoms with Gasteiger partial charge in [-0.05, 0) is 49.6 Å². The lowest BCUT2D eigenvalue weighted by Gasteiger charge is -2.09. The fraction of sp³-hybridized carbons (Fsp3) is 0.320. The molecule has 0 aliphatic carbocycles. The summed E-state index contributed by atoms with van der Waals surface area (Å²) in [6, 6.07) is 16.5. The Kier molecular flexibility index (Phi) is 9.43. The van der Waals surface area contributed by atoms with Crippen molar-refractivity contribution in [1.29, 1.82) is 0 Å². The molecule has 0 saturated carbocycles. The van der Waals surface area contributed by atoms with Crippen molar-refractivity contribution < 1.29 is 4.79 Å². The maximum absolute atomic E-state index is 12.4. The third kappa shape index (κ3) is 7.28. The molecule has 0 saturated heterocycles. The Balaban J connectivity index is 1.55. The van der Waals surface area contributed by atoms with Crippen molar-refractivity contribution in [3.63, 3.8) is 0 Å². The van der Waals surface area contributed by atoms with Gasteiger partial charge in [-0.1, -0.05) is 61.0 Å². The van der Waals surface area contributed by atoms with Crippen molar-refractivity contribution in [2.24, 2.45) is 0 Å². The van der Waals surface area contributed by atoms with Crippen molar-refractivity contribution in [1.82, 2.24) is 14.8 Å². The summed E-state index contributed by atoms with van der Waals surface area (Å²) in [6.45, 7) is 8.73. The van der Waals surface area contributed by atoms with E-state index >= 15 is 0 Å². The summed E-state index contributed by atoms with van der Waals surface area (Å²) in [5.41, 5.74) is 3.36. The normalized spacial score (nSPS) is 10.8. The number of benzene rings is 2. The third-order valence-corrected chi connectivity index (χ3v) is 6.86. The number of amides is 1. The molecule has 0 aliphatic heterocycles. The first kappa shape index (κ1) is 24.1. The molecule has 32 heavy (non-hydrogen) atoms. The maximum atomic E-state index is 12.4. The number of carbonyl (C=O) groups is 1. The number of allylic oxidation sites excluding steroid dienone is 1. The second kappa shape index (κ2) is 12.5. The molecule has 2 aromatic carbocycles. The molecule has 0 atom stereocenters. The van der Waals surface area contributed by atoms with Crippen LogP contribution in [-0.4, -0.2) is 26.4 Å². The summed E-state index contributed by atoms with van der Waals surface area (Å²) in [6.07, 6.45) is 5.26. The number of anilines is 1. The summed E-state index contributed by atoms with van der Waals surface area (Å²) in [5, 5.41) is 12.4. The molecule has 1 amide bonds. The zero-order valence-corrected chi connectivity index (χ0v) is 20.3. The van der Waals surface area contributed by atoms with Crippen molar-refractivity contribution in [2.45, 2.75) is 55.5 Å². The fourth-order valence-corrected chi connectivity index (χ4v) is 4.69. The van der Waals surface area contributed by atoms with E-state index in [1.165, 1.54) is 40.6 Å². The van der Waals surface area contributed by atoms with Crippen LogP contribution in [0.15, 0.2) is 71.2 Å². The van der Waals surface area contributed by atoms with Crippen molar-refractivity contribution in [3.05, 3.63) is 78.1 Å². The van der Waals surface area contributed by atoms with E-state index < -0.39 is 0 Å². The molecular formula is C25H30N4OS2. The van der Waals surface area contributed by atoms with Gasteiger partial charge in [0.05, 0.1) is 11.5 Å². The van der Waals surface area contributed by atoms with E-state index in [0.717, 1.165) is 23.1 Å². The number of nitrogens with zero attached hydrogens (tertiary/aromatic N) is 3. The van der Waals surface area contributed by atoms with Crippen LogP contribution in [0.25, 0.3) is 0 Å². The van der Waals surface area contributed by atoms with E-state index in [0.29, 0.717) is 12.3 Å². The van der Waals surface area contributed by atoms with Gasteiger partial charge >= 0.3 is 0 Å². The SMILES string of the molecule is C=CCn1c(CSc2ccc(C)cc2)nnc1SCC(=O)Nc1ccc(CCCC)cc1. The molecule has 7 heteroatoms. The molecule has 0 aliphatic rings. The lowest BCUT2D eigenvalue weighted by atomic mass is 10.1. The predicted octanol–water partition coefficient (Wildman–Crippen LogP) is 6.14. The smallest absolute Gasteiger partial charge is 0.234 e. The molecule has 1 heterocycles. The van der Waals surface area contributed by atoms with E-state index in [1.807, 2.05) is 22.8 Å². The first-order chi connectivity index (χ1) is 15.6. The summed E-state index contributed by atoms with van der Waals surface area (Å²) >= 11 is 3.11. The fourth-order valence-electron chi connectivity index (χ4n) is 3.09. The minimum Gasteiger partial charge on any atom is -0.325 e. The first-order valence-electron chi connectivity index (χ1n) is 10.8. The van der Waals surface area contributed by atoms with Gasteiger partial charge in [0.25, 0.3) is 0 Å². The van der Waals surface area contributed by atoms with E-state index in [4.69, 9.17) is 0 Å². The maximum Gasteiger partial charge on any atom is 0.234 e. The van der Waals surface area contributed by atoms with Gasteiger partial charge in [0.15, 0.2) is 5.16 Å². The minimum atomic E-state index is -0.0555. The van der Waals surface area contributed by atoms with E-state index in [1.54, 1.807) is 11.8 Å². The molecule has 1 aromatic heterocycles. The lowest BCUT2D eigenvalue weighted by Crippen LogP contribution is -2.14. The Morgan fingerprint density at radius 3 is 2.53 bits per heavy atom. The van der Waals surface area contributed by atoms with Gasteiger partial charge in [0, 0.05) is 17.1 Å². The number of aryl methyl sites for hydroxylation is 2. The molecule has 168 valence electrons. The Morgan fingerprint density at radius 2 is 1.84 bits per heavy atom. The highest BCUT2D eigenvalue weighted by atomic mass is 32.2. The van der Waals surface area contributed by atoms with Crippen LogP contribution >= 0.6 is 23.5 Å². The van der Waals surface area contributed by atoms with Gasteiger partial charge in [-0.3, -0.25) is 4.79 Å². The van der Waals surface area contributed by atoms with Crippen molar-refractivity contribution in [2.75, 3.05) is 11.1 Å². The minimum absolute atomic E-state index is 0.0555. The van der Waals surface area contributed by atoms with Crippen LogP contribution in [0.4, 0.5) is 5.69 Å². The highest BCUT2D eigenvalue weighted by Crippen LogP contribution is 2.25. The van der Waals surface area contributed by atoms with Gasteiger partial charge in [0.1, 0.15) is 5.82 Å². The van der Waals surface area contributed by atoms with Gasteiger partial charge in [-0.15, -0.1) is 28.5 Å². The van der Waals surface area contributed by atoms with Crippen LogP contribution < -0.4 is 5.32 Å². The molecule has 1 N–H and O–H groups in total. The van der Waals surface area contributed by atoms with Crippen LogP contribution in [-0.2, 0) is 23.5 Å². The standard InChI is InChI=1S/C25H30N4OS2/c1-4-6-7-20-10-12-21(13-11-20)26-24(30)18-32-25-28-27-23(29(25)16-5-2)17-31-22-14-8-19(3)9-15-22/h5,8-15H,2,4,6-7,16-18H2,1,3H3,(H,26,30). The van der Waals surface area contributed by atoms with Crippen molar-refractivity contribution in [3.8, 4) is 0 Å². The second-order valence-corrected chi connectivity index (χ2v) is 9.53. The molecule has 5 nitrogen and oxygen atoms in total. The third-order valence-electron chi connectivity index (χ3n) is 4.88. The number of hydrogen-bond donors (Lipinski definition) is 1. The Morgan fingerprint density at radius 1 is 1.09 bits per heavy atom. The zero-order valence-electron chi connectivity index (χ0n) is 18.7. The number of rotatable bonds is 12. The highest BCUT2D eigenvalue weighted by molar-refractivity contribution is 7.99. The first-order valence-corrected chi connectivity index (χ1v) is 12.8. The molecule has 0 unspecified atom stereocenters. The molecular weight excluding hydrogens is 436 g/mol. The number of carbonyl (C=O) groups excluding carboxylic acids is 1. The zero-order chi connectivity index (χ0) is 22.8. The molecule has 0 radical (unpaired) electrons. The summed E-state index contributed by atoms with van der Waals surface area (Å²) in [5.74, 6) is 1.81. The van der Waals surface area contributed by atoms with Crippen LogP contribution in [0.1, 0.15) is 36.7 Å². The number of nitrogens with one attached hydrogen (secondary N) is 1. The van der Waals surface area contributed by atoms with Crippen LogP contribution in [0, 0.1) is 6.92 Å². The lowest BCUT2D eigenvalue weighted by molar-refractivity contribution is -0.113. The number of thioether (sulfide) groups is 2. The summed E-state index contributed by atoms with van der Waals surface area (Å²) in [4.78, 5) is 13.6. The van der Waals surface area contributed by atoms with E-state index in [9.17, 15) is 4.79 Å². The quantitative estimate of drug-likeness (QED) is 0.257. The Hall–Kier alpha value is -2.51. The van der Waals surface area contributed by atoms with Crippen LogP contribution in [0.3, 0.4) is 0 Å². The van der Waals surface area contributed by atoms with Crippen molar-refractivity contribution >= 4 is 35.1 Å². The molecule has 0 fully saturated rings. The van der Waals surface area contributed by atoms with Crippen LogP contribution in [0.5, 0.6) is 0 Å². The molecule has 0 bridgehead atoms. The number of hydrogen-bond acceptors (Lipinski definition) is 5. The van der Waals surface area contributed by atoms with Gasteiger partial charge < -0.3 is 9.88 Å². The Labute approximate surface area is 199 Å². The topological polar surface area (TPSA) is 59.8 Å². The number of unbranched alkanes of at least 4 members (excludes halogenated alkanes) is 1. The molecule has 3 aromatic rings. The largest absolute Gasteiger partial charge is 0.325 e. The monoisotopic (exact) mass is 466 g/mol. The van der Waals surface area contributed by atoms with E-state index in [-0.39, 0.29) is 11.7 Å². The van der Waals surface area contributed by atoms with E-state index in [2.05, 4.69) is 72.3 Å². The summed E-state index contributed by atoms with van der Waals surface area (Å²) < 4.78 is 2.02. The van der Waals surface area contributed by atoms with Gasteiger partial charge in [-0.25, -0.2) is 0 Å². The van der Waals surface area contributed by atoms with Crippen LogP contribution in [0.2, 0.25) is 0 Å². The number of aromatic nitrogens is 3. The average Bonchev–Trinajstić information content (AvgIpc) is 3.18. The predicted molar refractivity (Wildman–Crippen MR) is 135 cm³/mol. The van der Waals surface area contributed by atoms with Gasteiger partial charge in [0.2, 0.25) is 5.91 Å². The van der Waals surface area contributed by atoms with Gasteiger partial charge in [-0.2, -0.15) is 0 Å². The second-order valence-electron chi connectivity index (χ2n) is 7.54. The molecule has 3 rings (SSSR count). The average molecular weight is 467 g/mol. The Bertz CT molecular complexity index is 1010.